The molecule has 5 N–H and O–H groups in total. The maximum Gasteiger partial charge on any atom is 0.238 e. The van der Waals surface area contributed by atoms with Gasteiger partial charge in [-0.1, -0.05) is 19.1 Å². The summed E-state index contributed by atoms with van der Waals surface area (Å²) in [5.74, 6) is -0.408. The summed E-state index contributed by atoms with van der Waals surface area (Å²) < 4.78 is 22.1. The fourth-order valence-corrected chi connectivity index (χ4v) is 1.90. The molecule has 1 rings (SSSR count). The summed E-state index contributed by atoms with van der Waals surface area (Å²) in [4.78, 5) is 11.7. The van der Waals surface area contributed by atoms with Gasteiger partial charge in [-0.25, -0.2) is 13.6 Å². The number of carbonyl (C=O) groups is 1. The molecular formula is C12H20ClN3O3S. The summed E-state index contributed by atoms with van der Waals surface area (Å²) in [6, 6.07) is 5.81. The van der Waals surface area contributed by atoms with Crippen molar-refractivity contribution in [3.63, 3.8) is 0 Å². The summed E-state index contributed by atoms with van der Waals surface area (Å²) in [6.45, 7) is 3.84. The van der Waals surface area contributed by atoms with Crippen molar-refractivity contribution in [2.45, 2.75) is 31.3 Å². The van der Waals surface area contributed by atoms with Crippen LogP contribution in [0, 0.1) is 5.92 Å². The van der Waals surface area contributed by atoms with Crippen molar-refractivity contribution >= 4 is 28.3 Å². The predicted octanol–water partition coefficient (Wildman–Crippen LogP) is 0.355. The molecule has 0 aliphatic heterocycles. The van der Waals surface area contributed by atoms with E-state index in [1.54, 1.807) is 26.0 Å². The van der Waals surface area contributed by atoms with E-state index in [9.17, 15) is 13.2 Å². The second kappa shape index (κ2) is 7.58. The van der Waals surface area contributed by atoms with Gasteiger partial charge in [-0.2, -0.15) is 0 Å². The van der Waals surface area contributed by atoms with Gasteiger partial charge in [0.1, 0.15) is 0 Å². The third kappa shape index (κ3) is 5.46. The summed E-state index contributed by atoms with van der Waals surface area (Å²) in [5.41, 5.74) is 6.42. The van der Waals surface area contributed by atoms with E-state index in [0.29, 0.717) is 6.54 Å². The van der Waals surface area contributed by atoms with Gasteiger partial charge in [-0.05, 0) is 24.6 Å². The molecule has 0 fully saturated rings. The van der Waals surface area contributed by atoms with Crippen LogP contribution in [0.4, 0.5) is 0 Å². The van der Waals surface area contributed by atoms with E-state index in [-0.39, 0.29) is 35.2 Å². The van der Waals surface area contributed by atoms with Gasteiger partial charge in [0.15, 0.2) is 0 Å². The number of nitrogens with two attached hydrogens (primary N) is 2. The molecule has 2 unspecified atom stereocenters. The first-order valence-corrected chi connectivity index (χ1v) is 7.41. The fraction of sp³-hybridized carbons (Fsp3) is 0.417. The lowest BCUT2D eigenvalue weighted by atomic mass is 10.0. The van der Waals surface area contributed by atoms with Crippen LogP contribution >= 0.6 is 12.4 Å². The van der Waals surface area contributed by atoms with E-state index < -0.39 is 10.0 Å². The number of sulfonamides is 1. The highest BCUT2D eigenvalue weighted by Gasteiger charge is 2.16. The van der Waals surface area contributed by atoms with Gasteiger partial charge < -0.3 is 11.1 Å². The molecule has 20 heavy (non-hydrogen) atoms. The number of hydrogen-bond donors (Lipinski definition) is 3. The second-order valence-electron chi connectivity index (χ2n) is 4.55. The third-order valence-corrected chi connectivity index (χ3v) is 3.85. The zero-order valence-corrected chi connectivity index (χ0v) is 13.0. The third-order valence-electron chi connectivity index (χ3n) is 2.92. The van der Waals surface area contributed by atoms with E-state index in [1.165, 1.54) is 12.1 Å². The van der Waals surface area contributed by atoms with Gasteiger partial charge in [0.2, 0.25) is 15.9 Å². The number of amides is 1. The molecule has 0 saturated carbocycles. The monoisotopic (exact) mass is 321 g/mol. The summed E-state index contributed by atoms with van der Waals surface area (Å²) >= 11 is 0. The Labute approximate surface area is 125 Å². The number of benzene rings is 1. The Morgan fingerprint density at radius 3 is 2.15 bits per heavy atom. The maximum atomic E-state index is 11.7. The summed E-state index contributed by atoms with van der Waals surface area (Å²) in [7, 11) is -3.68. The van der Waals surface area contributed by atoms with Crippen LogP contribution in [0.2, 0.25) is 0 Å². The lowest BCUT2D eigenvalue weighted by Gasteiger charge is -2.15. The SMILES string of the molecule is CC(N)C(C)C(=O)NCc1ccc(S(N)(=O)=O)cc1.Cl. The predicted molar refractivity (Wildman–Crippen MR) is 79.7 cm³/mol. The molecule has 0 aliphatic rings. The van der Waals surface area contributed by atoms with Gasteiger partial charge in [-0.15, -0.1) is 12.4 Å². The molecule has 1 aromatic carbocycles. The molecule has 0 heterocycles. The topological polar surface area (TPSA) is 115 Å². The van der Waals surface area contributed by atoms with E-state index in [1.807, 2.05) is 0 Å². The molecule has 2 atom stereocenters. The van der Waals surface area contributed by atoms with Crippen molar-refractivity contribution < 1.29 is 13.2 Å². The minimum absolute atomic E-state index is 0. The minimum atomic E-state index is -3.68. The van der Waals surface area contributed by atoms with Crippen LogP contribution in [0.15, 0.2) is 29.2 Å². The van der Waals surface area contributed by atoms with Gasteiger partial charge >= 0.3 is 0 Å². The van der Waals surface area contributed by atoms with Crippen LogP contribution in [0.3, 0.4) is 0 Å². The summed E-state index contributed by atoms with van der Waals surface area (Å²) in [6.07, 6.45) is 0. The maximum absolute atomic E-state index is 11.7. The highest BCUT2D eigenvalue weighted by molar-refractivity contribution is 7.89. The Balaban J connectivity index is 0.00000361. The Kier molecular flexibility index (Phi) is 7.15. The smallest absolute Gasteiger partial charge is 0.238 e. The average Bonchev–Trinajstić information content (AvgIpc) is 2.34. The molecule has 1 amide bonds. The highest BCUT2D eigenvalue weighted by atomic mass is 35.5. The molecule has 0 spiro atoms. The Bertz CT molecular complexity index is 544. The van der Waals surface area contributed by atoms with Crippen molar-refractivity contribution in [2.75, 3.05) is 0 Å². The van der Waals surface area contributed by atoms with Crippen molar-refractivity contribution in [2.24, 2.45) is 16.8 Å². The molecule has 6 nitrogen and oxygen atoms in total. The molecule has 8 heteroatoms. The second-order valence-corrected chi connectivity index (χ2v) is 6.12. The van der Waals surface area contributed by atoms with Crippen LogP contribution in [0.25, 0.3) is 0 Å². The lowest BCUT2D eigenvalue weighted by molar-refractivity contribution is -0.125. The minimum Gasteiger partial charge on any atom is -0.352 e. The van der Waals surface area contributed by atoms with Crippen LogP contribution in [0.1, 0.15) is 19.4 Å². The highest BCUT2D eigenvalue weighted by Crippen LogP contribution is 2.09. The Hall–Kier alpha value is -1.15. The van der Waals surface area contributed by atoms with Crippen molar-refractivity contribution in [1.29, 1.82) is 0 Å². The number of rotatable bonds is 5. The fourth-order valence-electron chi connectivity index (χ4n) is 1.39. The molecular weight excluding hydrogens is 302 g/mol. The number of halogens is 1. The van der Waals surface area contributed by atoms with Gasteiger partial charge in [-0.3, -0.25) is 4.79 Å². The Morgan fingerprint density at radius 1 is 1.25 bits per heavy atom. The standard InChI is InChI=1S/C12H19N3O3S.ClH/c1-8(9(2)13)12(16)15-7-10-3-5-11(6-4-10)19(14,17)18;/h3-6,8-9H,7,13H2,1-2H3,(H,15,16)(H2,14,17,18);1H. The van der Waals surface area contributed by atoms with Crippen molar-refractivity contribution in [3.05, 3.63) is 29.8 Å². The van der Waals surface area contributed by atoms with E-state index in [0.717, 1.165) is 5.56 Å². The molecule has 0 radical (unpaired) electrons. The van der Waals surface area contributed by atoms with Crippen molar-refractivity contribution in [3.8, 4) is 0 Å². The first-order chi connectivity index (χ1) is 8.71. The van der Waals surface area contributed by atoms with Gasteiger partial charge in [0, 0.05) is 18.5 Å². The number of carbonyl (C=O) groups excluding carboxylic acids is 1. The van der Waals surface area contributed by atoms with Crippen molar-refractivity contribution in [1.82, 2.24) is 5.32 Å². The average molecular weight is 322 g/mol. The van der Waals surface area contributed by atoms with E-state index >= 15 is 0 Å². The van der Waals surface area contributed by atoms with Gasteiger partial charge in [0.05, 0.1) is 4.90 Å². The van der Waals surface area contributed by atoms with E-state index in [2.05, 4.69) is 5.32 Å². The first-order valence-electron chi connectivity index (χ1n) is 5.87. The number of hydrogen-bond acceptors (Lipinski definition) is 4. The Morgan fingerprint density at radius 2 is 1.75 bits per heavy atom. The largest absolute Gasteiger partial charge is 0.352 e. The molecule has 0 aliphatic carbocycles. The van der Waals surface area contributed by atoms with Crippen LogP contribution in [-0.4, -0.2) is 20.4 Å². The van der Waals surface area contributed by atoms with Crippen LogP contribution < -0.4 is 16.2 Å². The molecule has 0 aromatic heterocycles. The first kappa shape index (κ1) is 18.9. The molecule has 0 saturated heterocycles. The normalized spacial score (nSPS) is 14.0. The van der Waals surface area contributed by atoms with E-state index in [4.69, 9.17) is 10.9 Å². The molecule has 1 aromatic rings. The lowest BCUT2D eigenvalue weighted by Crippen LogP contribution is -2.38. The number of nitrogens with one attached hydrogen (secondary N) is 1. The summed E-state index contributed by atoms with van der Waals surface area (Å²) in [5, 5.41) is 7.73. The molecule has 0 bridgehead atoms. The zero-order valence-electron chi connectivity index (χ0n) is 11.4. The quantitative estimate of drug-likeness (QED) is 0.726. The molecule has 114 valence electrons. The van der Waals surface area contributed by atoms with Gasteiger partial charge in [0.25, 0.3) is 0 Å². The van der Waals surface area contributed by atoms with Crippen LogP contribution in [0.5, 0.6) is 0 Å². The van der Waals surface area contributed by atoms with Crippen LogP contribution in [-0.2, 0) is 21.4 Å². The number of primary sulfonamides is 1. The zero-order chi connectivity index (χ0) is 14.6.